The van der Waals surface area contributed by atoms with Crippen molar-refractivity contribution in [3.8, 4) is 0 Å². The van der Waals surface area contributed by atoms with Gasteiger partial charge in [0.2, 0.25) is 0 Å². The van der Waals surface area contributed by atoms with Crippen molar-refractivity contribution in [2.75, 3.05) is 6.54 Å². The van der Waals surface area contributed by atoms with Crippen molar-refractivity contribution >= 4 is 29.1 Å². The zero-order valence-corrected chi connectivity index (χ0v) is 13.0. The Bertz CT molecular complexity index is 534. The predicted octanol–water partition coefficient (Wildman–Crippen LogP) is 0.813. The first-order valence-corrected chi connectivity index (χ1v) is 7.15. The summed E-state index contributed by atoms with van der Waals surface area (Å²) in [5, 5.41) is 2.59. The minimum atomic E-state index is -0.542. The minimum absolute atomic E-state index is 0.0878. The number of rotatable bonds is 5. The van der Waals surface area contributed by atoms with E-state index in [1.54, 1.807) is 20.8 Å². The Balaban J connectivity index is 2.42. The summed E-state index contributed by atoms with van der Waals surface area (Å²) in [5.41, 5.74) is 1.45. The SMILES string of the molecule is CC(C)(C)OC(=O)CCNC(=O)c1ccc(C(=O)NN)s1. The van der Waals surface area contributed by atoms with Crippen molar-refractivity contribution in [1.29, 1.82) is 0 Å². The Morgan fingerprint density at radius 1 is 1.19 bits per heavy atom. The molecule has 8 heteroatoms. The number of hydrogen-bond acceptors (Lipinski definition) is 6. The Morgan fingerprint density at radius 2 is 1.76 bits per heavy atom. The van der Waals surface area contributed by atoms with Crippen LogP contribution in [0.1, 0.15) is 46.5 Å². The lowest BCUT2D eigenvalue weighted by molar-refractivity contribution is -0.154. The first-order chi connectivity index (χ1) is 9.73. The van der Waals surface area contributed by atoms with Gasteiger partial charge in [-0.05, 0) is 32.9 Å². The third-order valence-corrected chi connectivity index (χ3v) is 3.30. The summed E-state index contributed by atoms with van der Waals surface area (Å²) < 4.78 is 5.12. The van der Waals surface area contributed by atoms with Gasteiger partial charge in [-0.25, -0.2) is 5.84 Å². The average molecular weight is 313 g/mol. The van der Waals surface area contributed by atoms with Crippen molar-refractivity contribution in [3.05, 3.63) is 21.9 Å². The Morgan fingerprint density at radius 3 is 2.29 bits per heavy atom. The van der Waals surface area contributed by atoms with Crippen LogP contribution in [0.5, 0.6) is 0 Å². The Hall–Kier alpha value is -1.93. The number of hydrogen-bond donors (Lipinski definition) is 3. The largest absolute Gasteiger partial charge is 0.460 e. The molecular weight excluding hydrogens is 294 g/mol. The zero-order valence-electron chi connectivity index (χ0n) is 12.2. The number of hydrazine groups is 1. The molecule has 21 heavy (non-hydrogen) atoms. The lowest BCUT2D eigenvalue weighted by atomic mass is 10.2. The smallest absolute Gasteiger partial charge is 0.308 e. The molecule has 116 valence electrons. The molecule has 2 amide bonds. The van der Waals surface area contributed by atoms with Gasteiger partial charge in [-0.1, -0.05) is 0 Å². The third kappa shape index (κ3) is 5.92. The topological polar surface area (TPSA) is 111 Å². The Kier molecular flexibility index (Phi) is 5.86. The average Bonchev–Trinajstić information content (AvgIpc) is 2.85. The number of amides is 2. The van der Waals surface area contributed by atoms with Crippen LogP contribution in [0, 0.1) is 0 Å². The molecule has 4 N–H and O–H groups in total. The summed E-state index contributed by atoms with van der Waals surface area (Å²) in [4.78, 5) is 35.3. The van der Waals surface area contributed by atoms with Gasteiger partial charge in [-0.3, -0.25) is 19.8 Å². The van der Waals surface area contributed by atoms with Crippen molar-refractivity contribution < 1.29 is 19.1 Å². The van der Waals surface area contributed by atoms with Gasteiger partial charge in [0.1, 0.15) is 5.60 Å². The number of ether oxygens (including phenoxy) is 1. The standard InChI is InChI=1S/C13H19N3O4S/c1-13(2,3)20-10(17)6-7-15-11(18)8-4-5-9(21-8)12(19)16-14/h4-5H,6-7,14H2,1-3H3,(H,15,18)(H,16,19). The zero-order chi connectivity index (χ0) is 16.0. The summed E-state index contributed by atoms with van der Waals surface area (Å²) in [6.07, 6.45) is 0.0878. The van der Waals surface area contributed by atoms with Gasteiger partial charge in [0.15, 0.2) is 0 Å². The van der Waals surface area contributed by atoms with E-state index >= 15 is 0 Å². The second-order valence-electron chi connectivity index (χ2n) is 5.23. The van der Waals surface area contributed by atoms with Gasteiger partial charge >= 0.3 is 5.97 Å². The van der Waals surface area contributed by atoms with E-state index in [1.807, 2.05) is 5.43 Å². The number of nitrogen functional groups attached to an aromatic ring is 1. The molecule has 0 bridgehead atoms. The van der Waals surface area contributed by atoms with Gasteiger partial charge in [0, 0.05) is 6.54 Å². The van der Waals surface area contributed by atoms with E-state index in [4.69, 9.17) is 10.6 Å². The second-order valence-corrected chi connectivity index (χ2v) is 6.31. The summed E-state index contributed by atoms with van der Waals surface area (Å²) in [6.45, 7) is 5.50. The van der Waals surface area contributed by atoms with Crippen LogP contribution in [0.4, 0.5) is 0 Å². The normalized spacial score (nSPS) is 10.9. The molecule has 0 aliphatic heterocycles. The highest BCUT2D eigenvalue weighted by molar-refractivity contribution is 7.15. The summed E-state index contributed by atoms with van der Waals surface area (Å²) in [5.74, 6) is 3.83. The highest BCUT2D eigenvalue weighted by Crippen LogP contribution is 2.16. The molecule has 0 aliphatic carbocycles. The maximum atomic E-state index is 11.8. The number of nitrogens with two attached hydrogens (primary N) is 1. The molecular formula is C13H19N3O4S. The molecule has 0 atom stereocenters. The van der Waals surface area contributed by atoms with E-state index in [0.29, 0.717) is 9.75 Å². The first kappa shape index (κ1) is 17.1. The van der Waals surface area contributed by atoms with Crippen LogP contribution >= 0.6 is 11.3 Å². The quantitative estimate of drug-likeness (QED) is 0.322. The fourth-order valence-corrected chi connectivity index (χ4v) is 2.24. The maximum Gasteiger partial charge on any atom is 0.308 e. The van der Waals surface area contributed by atoms with Crippen LogP contribution in [0.15, 0.2) is 12.1 Å². The fourth-order valence-electron chi connectivity index (χ4n) is 1.41. The van der Waals surface area contributed by atoms with Crippen LogP contribution < -0.4 is 16.6 Å². The lowest BCUT2D eigenvalue weighted by Crippen LogP contribution is -2.29. The first-order valence-electron chi connectivity index (χ1n) is 6.34. The molecule has 0 aliphatic rings. The minimum Gasteiger partial charge on any atom is -0.460 e. The molecule has 0 fully saturated rings. The molecule has 1 rings (SSSR count). The van der Waals surface area contributed by atoms with Gasteiger partial charge in [-0.2, -0.15) is 0 Å². The second kappa shape index (κ2) is 7.19. The van der Waals surface area contributed by atoms with Crippen molar-refractivity contribution in [2.24, 2.45) is 5.84 Å². The van der Waals surface area contributed by atoms with Crippen LogP contribution in [-0.4, -0.2) is 29.9 Å². The van der Waals surface area contributed by atoms with Gasteiger partial charge in [0.05, 0.1) is 16.2 Å². The van der Waals surface area contributed by atoms with E-state index in [1.165, 1.54) is 12.1 Å². The van der Waals surface area contributed by atoms with Crippen LogP contribution in [0.2, 0.25) is 0 Å². The van der Waals surface area contributed by atoms with Crippen molar-refractivity contribution in [2.45, 2.75) is 32.8 Å². The van der Waals surface area contributed by atoms with Crippen molar-refractivity contribution in [1.82, 2.24) is 10.7 Å². The number of thiophene rings is 1. The van der Waals surface area contributed by atoms with Gasteiger partial charge < -0.3 is 10.1 Å². The molecule has 0 spiro atoms. The molecule has 0 aromatic carbocycles. The van der Waals surface area contributed by atoms with Gasteiger partial charge in [-0.15, -0.1) is 11.3 Å². The fraction of sp³-hybridized carbons (Fsp3) is 0.462. The summed E-state index contributed by atoms with van der Waals surface area (Å²) in [7, 11) is 0. The van der Waals surface area contributed by atoms with E-state index in [2.05, 4.69) is 5.32 Å². The number of nitrogens with one attached hydrogen (secondary N) is 2. The summed E-state index contributed by atoms with van der Waals surface area (Å²) in [6, 6.07) is 3.04. The lowest BCUT2D eigenvalue weighted by Gasteiger charge is -2.19. The van der Waals surface area contributed by atoms with Gasteiger partial charge in [0.25, 0.3) is 11.8 Å². The number of carbonyl (C=O) groups excluding carboxylic acids is 3. The molecule has 0 saturated heterocycles. The monoisotopic (exact) mass is 313 g/mol. The predicted molar refractivity (Wildman–Crippen MR) is 78.8 cm³/mol. The molecule has 0 saturated carbocycles. The number of carbonyl (C=O) groups is 3. The van der Waals surface area contributed by atoms with E-state index in [-0.39, 0.29) is 24.8 Å². The maximum absolute atomic E-state index is 11.8. The van der Waals surface area contributed by atoms with Crippen molar-refractivity contribution in [3.63, 3.8) is 0 Å². The van der Waals surface area contributed by atoms with E-state index < -0.39 is 11.5 Å². The van der Waals surface area contributed by atoms with Crippen LogP contribution in [0.25, 0.3) is 0 Å². The molecule has 0 unspecified atom stereocenters. The van der Waals surface area contributed by atoms with Crippen LogP contribution in [-0.2, 0) is 9.53 Å². The molecule has 7 nitrogen and oxygen atoms in total. The van der Waals surface area contributed by atoms with E-state index in [9.17, 15) is 14.4 Å². The highest BCUT2D eigenvalue weighted by Gasteiger charge is 2.17. The molecule has 1 aromatic rings. The van der Waals surface area contributed by atoms with Crippen LogP contribution in [0.3, 0.4) is 0 Å². The highest BCUT2D eigenvalue weighted by atomic mass is 32.1. The molecule has 1 heterocycles. The van der Waals surface area contributed by atoms with E-state index in [0.717, 1.165) is 11.3 Å². The molecule has 0 radical (unpaired) electrons. The Labute approximate surface area is 126 Å². The third-order valence-electron chi connectivity index (χ3n) is 2.22. The molecule has 1 aromatic heterocycles. The number of esters is 1. The summed E-state index contributed by atoms with van der Waals surface area (Å²) >= 11 is 1.02.